The summed E-state index contributed by atoms with van der Waals surface area (Å²) < 4.78 is 0. The van der Waals surface area contributed by atoms with Gasteiger partial charge in [0.05, 0.1) is 0 Å². The van der Waals surface area contributed by atoms with E-state index in [4.69, 9.17) is 0 Å². The fourth-order valence-corrected chi connectivity index (χ4v) is 2.71. The Labute approximate surface area is 171 Å². The third-order valence-corrected chi connectivity index (χ3v) is 4.33. The molecule has 0 aliphatic rings. The Balaban J connectivity index is 2.06. The maximum absolute atomic E-state index is 11.3. The van der Waals surface area contributed by atoms with Crippen LogP contribution in [0.4, 0.5) is 0 Å². The van der Waals surface area contributed by atoms with Crippen molar-refractivity contribution in [2.24, 2.45) is 0 Å². The first kappa shape index (κ1) is 19.9. The molecule has 0 aliphatic heterocycles. The van der Waals surface area contributed by atoms with Crippen LogP contribution in [0, 0.1) is 30.6 Å². The second-order valence-electron chi connectivity index (χ2n) is 6.52. The molecule has 29 heavy (non-hydrogen) atoms. The molecule has 0 amide bonds. The van der Waals surface area contributed by atoms with E-state index >= 15 is 0 Å². The van der Waals surface area contributed by atoms with Crippen LogP contribution in [-0.2, 0) is 10.4 Å². The molecule has 0 bridgehead atoms. The second-order valence-corrected chi connectivity index (χ2v) is 6.52. The molecule has 2 nitrogen and oxygen atoms in total. The number of allylic oxidation sites excluding steroid dienone is 2. The molecule has 140 valence electrons. The zero-order chi connectivity index (χ0) is 20.5. The SMILES string of the molecule is Cc1ccc(/C(C#CC(O)(C#Cc2ccccc2)c2ccccc2)=C/C=O)cc1. The van der Waals surface area contributed by atoms with Crippen molar-refractivity contribution in [1.29, 1.82) is 0 Å². The van der Waals surface area contributed by atoms with Crippen LogP contribution < -0.4 is 0 Å². The lowest BCUT2D eigenvalue weighted by molar-refractivity contribution is -0.104. The number of aliphatic hydroxyl groups is 1. The van der Waals surface area contributed by atoms with Gasteiger partial charge in [0, 0.05) is 16.7 Å². The molecule has 0 saturated heterocycles. The van der Waals surface area contributed by atoms with E-state index in [9.17, 15) is 9.90 Å². The monoisotopic (exact) mass is 376 g/mol. The van der Waals surface area contributed by atoms with Gasteiger partial charge in [0.2, 0.25) is 5.60 Å². The molecule has 0 heterocycles. The van der Waals surface area contributed by atoms with Gasteiger partial charge in [-0.15, -0.1) is 0 Å². The van der Waals surface area contributed by atoms with E-state index in [1.165, 1.54) is 6.08 Å². The fourth-order valence-electron chi connectivity index (χ4n) is 2.71. The molecular weight excluding hydrogens is 356 g/mol. The van der Waals surface area contributed by atoms with Crippen molar-refractivity contribution in [1.82, 2.24) is 0 Å². The molecule has 0 saturated carbocycles. The molecule has 3 aromatic carbocycles. The van der Waals surface area contributed by atoms with E-state index in [1.807, 2.05) is 79.7 Å². The zero-order valence-corrected chi connectivity index (χ0v) is 16.1. The minimum Gasteiger partial charge on any atom is -0.363 e. The third kappa shape index (κ3) is 5.33. The summed E-state index contributed by atoms with van der Waals surface area (Å²) in [6.45, 7) is 1.99. The predicted octanol–water partition coefficient (Wildman–Crippen LogP) is 4.52. The molecule has 3 rings (SSSR count). The van der Waals surface area contributed by atoms with E-state index in [2.05, 4.69) is 23.7 Å². The number of aryl methyl sites for hydroxylation is 1. The fraction of sp³-hybridized carbons (Fsp3) is 0.0741. The average Bonchev–Trinajstić information content (AvgIpc) is 2.77. The topological polar surface area (TPSA) is 37.3 Å². The van der Waals surface area contributed by atoms with Gasteiger partial charge in [-0.05, 0) is 42.5 Å². The van der Waals surface area contributed by atoms with Crippen molar-refractivity contribution in [3.63, 3.8) is 0 Å². The minimum absolute atomic E-state index is 0.524. The number of hydrogen-bond donors (Lipinski definition) is 1. The van der Waals surface area contributed by atoms with Gasteiger partial charge in [-0.2, -0.15) is 0 Å². The number of carbonyl (C=O) groups is 1. The molecule has 1 N–H and O–H groups in total. The van der Waals surface area contributed by atoms with Crippen molar-refractivity contribution < 1.29 is 9.90 Å². The summed E-state index contributed by atoms with van der Waals surface area (Å²) in [5.74, 6) is 11.7. The molecule has 0 aliphatic carbocycles. The van der Waals surface area contributed by atoms with Crippen LogP contribution in [-0.4, -0.2) is 11.4 Å². The summed E-state index contributed by atoms with van der Waals surface area (Å²) >= 11 is 0. The van der Waals surface area contributed by atoms with E-state index in [-0.39, 0.29) is 0 Å². The molecule has 0 spiro atoms. The molecule has 1 atom stereocenters. The maximum Gasteiger partial charge on any atom is 0.214 e. The standard InChI is InChI=1S/C27H20O2/c1-22-12-14-24(15-13-22)25(18-21-28)17-20-27(29,26-10-6-3-7-11-26)19-16-23-8-4-2-5-9-23/h2-15,18,21,29H,1H3/b25-18+. The normalized spacial score (nSPS) is 12.6. The van der Waals surface area contributed by atoms with Crippen molar-refractivity contribution >= 4 is 11.9 Å². The Morgan fingerprint density at radius 3 is 2.10 bits per heavy atom. The van der Waals surface area contributed by atoms with Crippen molar-refractivity contribution in [2.45, 2.75) is 12.5 Å². The third-order valence-electron chi connectivity index (χ3n) is 4.33. The summed E-state index contributed by atoms with van der Waals surface area (Å²) in [4.78, 5) is 11.1. The highest BCUT2D eigenvalue weighted by Crippen LogP contribution is 2.21. The highest BCUT2D eigenvalue weighted by Gasteiger charge is 2.24. The maximum atomic E-state index is 11.3. The van der Waals surface area contributed by atoms with Gasteiger partial charge in [-0.25, -0.2) is 0 Å². The number of aldehydes is 1. The second kappa shape index (κ2) is 9.38. The molecule has 1 unspecified atom stereocenters. The molecule has 3 aromatic rings. The van der Waals surface area contributed by atoms with Gasteiger partial charge in [0.15, 0.2) is 0 Å². The highest BCUT2D eigenvalue weighted by molar-refractivity contribution is 5.89. The Morgan fingerprint density at radius 1 is 0.862 bits per heavy atom. The molecule has 0 radical (unpaired) electrons. The lowest BCUT2D eigenvalue weighted by Gasteiger charge is -2.16. The first-order valence-electron chi connectivity index (χ1n) is 9.22. The molecule has 0 fully saturated rings. The van der Waals surface area contributed by atoms with Gasteiger partial charge in [-0.1, -0.05) is 90.2 Å². The molecule has 2 heteroatoms. The van der Waals surface area contributed by atoms with E-state index in [1.54, 1.807) is 12.1 Å². The van der Waals surface area contributed by atoms with Crippen LogP contribution in [0.15, 0.2) is 91.0 Å². The average molecular weight is 376 g/mol. The van der Waals surface area contributed by atoms with E-state index in [0.717, 1.165) is 16.7 Å². The first-order chi connectivity index (χ1) is 14.1. The van der Waals surface area contributed by atoms with Crippen LogP contribution >= 0.6 is 0 Å². The van der Waals surface area contributed by atoms with Crippen LogP contribution in [0.25, 0.3) is 5.57 Å². The lowest BCUT2D eigenvalue weighted by atomic mass is 9.93. The number of benzene rings is 3. The van der Waals surface area contributed by atoms with Crippen LogP contribution in [0.1, 0.15) is 22.3 Å². The smallest absolute Gasteiger partial charge is 0.214 e. The quantitative estimate of drug-likeness (QED) is 0.415. The highest BCUT2D eigenvalue weighted by atomic mass is 16.3. The lowest BCUT2D eigenvalue weighted by Crippen LogP contribution is -2.21. The van der Waals surface area contributed by atoms with Crippen molar-refractivity contribution in [2.75, 3.05) is 0 Å². The summed E-state index contributed by atoms with van der Waals surface area (Å²) in [6.07, 6.45) is 2.09. The van der Waals surface area contributed by atoms with Gasteiger partial charge in [0.1, 0.15) is 6.29 Å². The number of rotatable bonds is 3. The predicted molar refractivity (Wildman–Crippen MR) is 117 cm³/mol. The summed E-state index contributed by atoms with van der Waals surface area (Å²) in [5.41, 5.74) is 2.12. The van der Waals surface area contributed by atoms with Crippen molar-refractivity contribution in [3.05, 3.63) is 113 Å². The van der Waals surface area contributed by atoms with Gasteiger partial charge in [0.25, 0.3) is 0 Å². The van der Waals surface area contributed by atoms with Gasteiger partial charge < -0.3 is 5.11 Å². The van der Waals surface area contributed by atoms with Gasteiger partial charge >= 0.3 is 0 Å². The number of hydrogen-bond acceptors (Lipinski definition) is 2. The van der Waals surface area contributed by atoms with Crippen LogP contribution in [0.2, 0.25) is 0 Å². The van der Waals surface area contributed by atoms with Crippen molar-refractivity contribution in [3.8, 4) is 23.7 Å². The Morgan fingerprint density at radius 2 is 1.48 bits per heavy atom. The summed E-state index contributed by atoms with van der Waals surface area (Å²) in [7, 11) is 0. The molecule has 0 aromatic heterocycles. The Kier molecular flexibility index (Phi) is 6.43. The Hall–Kier alpha value is -3.85. The van der Waals surface area contributed by atoms with Crippen LogP contribution in [0.5, 0.6) is 0 Å². The van der Waals surface area contributed by atoms with E-state index in [0.29, 0.717) is 17.4 Å². The zero-order valence-electron chi connectivity index (χ0n) is 16.1. The van der Waals surface area contributed by atoms with Crippen LogP contribution in [0.3, 0.4) is 0 Å². The van der Waals surface area contributed by atoms with Gasteiger partial charge in [-0.3, -0.25) is 4.79 Å². The summed E-state index contributed by atoms with van der Waals surface area (Å²) in [5, 5.41) is 11.3. The first-order valence-corrected chi connectivity index (χ1v) is 9.22. The summed E-state index contributed by atoms with van der Waals surface area (Å²) in [6, 6.07) is 26.2. The molecular formula is C27H20O2. The van der Waals surface area contributed by atoms with E-state index < -0.39 is 5.60 Å². The minimum atomic E-state index is -1.68. The largest absolute Gasteiger partial charge is 0.363 e. The Bertz CT molecular complexity index is 1120. The number of carbonyl (C=O) groups excluding carboxylic acids is 1.